The quantitative estimate of drug-likeness (QED) is 0.791. The van der Waals surface area contributed by atoms with Crippen LogP contribution in [0.25, 0.3) is 0 Å². The number of fused-ring (bicyclic) bond motifs is 1. The molecular formula is C11H14N2OS. The van der Waals surface area contributed by atoms with Crippen LogP contribution < -0.4 is 10.6 Å². The first-order chi connectivity index (χ1) is 7.34. The third-order valence-corrected chi connectivity index (χ3v) is 4.00. The maximum atomic E-state index is 11.9. The van der Waals surface area contributed by atoms with Gasteiger partial charge in [0.25, 0.3) is 5.91 Å². The Labute approximate surface area is 92.9 Å². The summed E-state index contributed by atoms with van der Waals surface area (Å²) in [5.74, 6) is 0.136. The van der Waals surface area contributed by atoms with Crippen molar-refractivity contribution in [2.45, 2.75) is 31.8 Å². The molecule has 1 aromatic heterocycles. The Hall–Kier alpha value is -0.870. The summed E-state index contributed by atoms with van der Waals surface area (Å²) in [4.78, 5) is 13.2. The van der Waals surface area contributed by atoms with E-state index in [1.54, 1.807) is 11.3 Å². The molecule has 0 bridgehead atoms. The number of amides is 1. The Balaban J connectivity index is 1.83. The van der Waals surface area contributed by atoms with E-state index in [2.05, 4.69) is 10.6 Å². The number of thiophene rings is 1. The lowest BCUT2D eigenvalue weighted by Gasteiger charge is -2.14. The zero-order valence-electron chi connectivity index (χ0n) is 8.51. The molecule has 1 fully saturated rings. The fourth-order valence-electron chi connectivity index (χ4n) is 1.94. The highest BCUT2D eigenvalue weighted by atomic mass is 32.1. The summed E-state index contributed by atoms with van der Waals surface area (Å²) in [7, 11) is 0. The van der Waals surface area contributed by atoms with E-state index in [1.165, 1.54) is 10.4 Å². The molecule has 1 aromatic rings. The average Bonchev–Trinajstić information content (AvgIpc) is 2.96. The molecule has 2 aliphatic rings. The smallest absolute Gasteiger partial charge is 0.252 e. The van der Waals surface area contributed by atoms with Gasteiger partial charge in [0.1, 0.15) is 0 Å². The highest BCUT2D eigenvalue weighted by molar-refractivity contribution is 7.10. The van der Waals surface area contributed by atoms with Crippen molar-refractivity contribution in [2.75, 3.05) is 6.54 Å². The van der Waals surface area contributed by atoms with Gasteiger partial charge in [0.15, 0.2) is 0 Å². The number of rotatable bonds is 2. The molecule has 2 N–H and O–H groups in total. The van der Waals surface area contributed by atoms with Crippen molar-refractivity contribution < 1.29 is 4.79 Å². The Kier molecular flexibility index (Phi) is 2.25. The van der Waals surface area contributed by atoms with E-state index in [4.69, 9.17) is 0 Å². The van der Waals surface area contributed by atoms with Crippen LogP contribution in [0.2, 0.25) is 0 Å². The highest BCUT2D eigenvalue weighted by Gasteiger charge is 2.26. The maximum absolute atomic E-state index is 11.9. The summed E-state index contributed by atoms with van der Waals surface area (Å²) in [6.45, 7) is 1.92. The van der Waals surface area contributed by atoms with Crippen molar-refractivity contribution in [3.05, 3.63) is 21.4 Å². The van der Waals surface area contributed by atoms with E-state index in [1.807, 2.05) is 5.38 Å². The fraction of sp³-hybridized carbons (Fsp3) is 0.545. The highest BCUT2D eigenvalue weighted by Crippen LogP contribution is 2.27. The molecule has 4 heteroatoms. The molecule has 3 rings (SSSR count). The van der Waals surface area contributed by atoms with Gasteiger partial charge < -0.3 is 10.6 Å². The molecule has 1 saturated carbocycles. The van der Waals surface area contributed by atoms with Crippen LogP contribution in [0, 0.1) is 0 Å². The summed E-state index contributed by atoms with van der Waals surface area (Å²) < 4.78 is 0. The molecule has 0 saturated heterocycles. The number of carbonyl (C=O) groups excluding carboxylic acids is 1. The first-order valence-electron chi connectivity index (χ1n) is 5.45. The Morgan fingerprint density at radius 3 is 3.20 bits per heavy atom. The fourth-order valence-corrected chi connectivity index (χ4v) is 2.99. The van der Waals surface area contributed by atoms with E-state index in [0.29, 0.717) is 6.04 Å². The second kappa shape index (κ2) is 3.61. The molecule has 1 aliphatic heterocycles. The third kappa shape index (κ3) is 1.79. The summed E-state index contributed by atoms with van der Waals surface area (Å²) in [6, 6.07) is 0.453. The lowest BCUT2D eigenvalue weighted by molar-refractivity contribution is 0.0950. The Morgan fingerprint density at radius 2 is 2.40 bits per heavy atom. The van der Waals surface area contributed by atoms with Crippen molar-refractivity contribution >= 4 is 17.2 Å². The third-order valence-electron chi connectivity index (χ3n) is 2.98. The largest absolute Gasteiger partial charge is 0.349 e. The van der Waals surface area contributed by atoms with Gasteiger partial charge in [-0.2, -0.15) is 0 Å². The van der Waals surface area contributed by atoms with Gasteiger partial charge in [-0.15, -0.1) is 11.3 Å². The maximum Gasteiger partial charge on any atom is 0.252 e. The van der Waals surface area contributed by atoms with Crippen LogP contribution >= 0.6 is 11.3 Å². The SMILES string of the molecule is O=C(NC1CC1)c1csc2c1CCNC2. The monoisotopic (exact) mass is 222 g/mol. The molecule has 0 aromatic carbocycles. The van der Waals surface area contributed by atoms with E-state index < -0.39 is 0 Å². The molecule has 0 radical (unpaired) electrons. The number of hydrogen-bond donors (Lipinski definition) is 2. The lowest BCUT2D eigenvalue weighted by atomic mass is 10.0. The summed E-state index contributed by atoms with van der Waals surface area (Å²) in [6.07, 6.45) is 3.30. The van der Waals surface area contributed by atoms with Crippen LogP contribution in [0.15, 0.2) is 5.38 Å². The molecular weight excluding hydrogens is 208 g/mol. The summed E-state index contributed by atoms with van der Waals surface area (Å²) in [5.41, 5.74) is 2.19. The van der Waals surface area contributed by atoms with Crippen LogP contribution in [-0.4, -0.2) is 18.5 Å². The molecule has 80 valence electrons. The van der Waals surface area contributed by atoms with E-state index in [-0.39, 0.29) is 5.91 Å². The van der Waals surface area contributed by atoms with E-state index in [9.17, 15) is 4.79 Å². The van der Waals surface area contributed by atoms with Gasteiger partial charge in [0, 0.05) is 22.8 Å². The van der Waals surface area contributed by atoms with Crippen LogP contribution in [0.5, 0.6) is 0 Å². The van der Waals surface area contributed by atoms with Crippen molar-refractivity contribution in [2.24, 2.45) is 0 Å². The zero-order valence-corrected chi connectivity index (χ0v) is 9.32. The van der Waals surface area contributed by atoms with Crippen LogP contribution in [0.1, 0.15) is 33.6 Å². The van der Waals surface area contributed by atoms with Gasteiger partial charge in [-0.1, -0.05) is 0 Å². The van der Waals surface area contributed by atoms with Gasteiger partial charge in [-0.3, -0.25) is 4.79 Å². The molecule has 0 unspecified atom stereocenters. The van der Waals surface area contributed by atoms with Gasteiger partial charge >= 0.3 is 0 Å². The molecule has 1 amide bonds. The van der Waals surface area contributed by atoms with Crippen molar-refractivity contribution in [1.29, 1.82) is 0 Å². The second-order valence-corrected chi connectivity index (χ2v) is 5.19. The first kappa shape index (κ1) is 9.36. The minimum absolute atomic E-state index is 0.136. The van der Waals surface area contributed by atoms with Crippen LogP contribution in [0.3, 0.4) is 0 Å². The Bertz CT molecular complexity index is 395. The molecule has 0 atom stereocenters. The zero-order chi connectivity index (χ0) is 10.3. The first-order valence-corrected chi connectivity index (χ1v) is 6.33. The molecule has 0 spiro atoms. The molecule has 15 heavy (non-hydrogen) atoms. The number of nitrogens with one attached hydrogen (secondary N) is 2. The van der Waals surface area contributed by atoms with Crippen molar-refractivity contribution in [1.82, 2.24) is 10.6 Å². The number of carbonyl (C=O) groups is 1. The van der Waals surface area contributed by atoms with Gasteiger partial charge in [0.2, 0.25) is 0 Å². The molecule has 1 aliphatic carbocycles. The second-order valence-electron chi connectivity index (χ2n) is 4.23. The summed E-state index contributed by atoms with van der Waals surface area (Å²) >= 11 is 1.70. The predicted octanol–water partition coefficient (Wildman–Crippen LogP) is 1.29. The van der Waals surface area contributed by atoms with Crippen molar-refractivity contribution in [3.63, 3.8) is 0 Å². The predicted molar refractivity (Wildman–Crippen MR) is 60.2 cm³/mol. The van der Waals surface area contributed by atoms with Gasteiger partial charge in [-0.25, -0.2) is 0 Å². The van der Waals surface area contributed by atoms with Gasteiger partial charge in [0.05, 0.1) is 5.56 Å². The molecule has 3 nitrogen and oxygen atoms in total. The van der Waals surface area contributed by atoms with Crippen LogP contribution in [-0.2, 0) is 13.0 Å². The minimum atomic E-state index is 0.136. The topological polar surface area (TPSA) is 41.1 Å². The summed E-state index contributed by atoms with van der Waals surface area (Å²) in [5, 5.41) is 8.39. The van der Waals surface area contributed by atoms with E-state index in [0.717, 1.165) is 37.9 Å². The average molecular weight is 222 g/mol. The number of hydrogen-bond acceptors (Lipinski definition) is 3. The van der Waals surface area contributed by atoms with Crippen LogP contribution in [0.4, 0.5) is 0 Å². The Morgan fingerprint density at radius 1 is 1.53 bits per heavy atom. The lowest BCUT2D eigenvalue weighted by Crippen LogP contribution is -2.28. The normalized spacial score (nSPS) is 19.7. The molecule has 2 heterocycles. The standard InChI is InChI=1S/C11H14N2OS/c14-11(13-7-1-2-7)9-6-15-10-5-12-4-3-8(9)10/h6-7,12H,1-5H2,(H,13,14). The van der Waals surface area contributed by atoms with Gasteiger partial charge in [-0.05, 0) is 31.4 Å². The van der Waals surface area contributed by atoms with E-state index >= 15 is 0 Å². The minimum Gasteiger partial charge on any atom is -0.349 e. The van der Waals surface area contributed by atoms with Crippen molar-refractivity contribution in [3.8, 4) is 0 Å².